The second-order valence-electron chi connectivity index (χ2n) is 4.74. The molecule has 17 heavy (non-hydrogen) atoms. The highest BCUT2D eigenvalue weighted by atomic mass is 19.1. The molecule has 0 saturated carbocycles. The summed E-state index contributed by atoms with van der Waals surface area (Å²) in [6, 6.07) is 5.13. The van der Waals surface area contributed by atoms with Crippen LogP contribution >= 0.6 is 0 Å². The molecular weight excluding hydrogens is 213 g/mol. The Morgan fingerprint density at radius 3 is 2.65 bits per heavy atom. The van der Waals surface area contributed by atoms with Crippen LogP contribution in [0.1, 0.15) is 37.8 Å². The average Bonchev–Trinajstić information content (AvgIpc) is 2.29. The van der Waals surface area contributed by atoms with Gasteiger partial charge >= 0.3 is 0 Å². The molecule has 2 heteroatoms. The molecule has 1 N–H and O–H groups in total. The Morgan fingerprint density at radius 2 is 2.06 bits per heavy atom. The molecule has 1 unspecified atom stereocenters. The molecule has 0 spiro atoms. The topological polar surface area (TPSA) is 12.0 Å². The molecule has 1 nitrogen and oxygen atoms in total. The van der Waals surface area contributed by atoms with E-state index in [1.165, 1.54) is 18.4 Å². The molecule has 0 bridgehead atoms. The van der Waals surface area contributed by atoms with Crippen LogP contribution in [0, 0.1) is 18.7 Å². The Hall–Kier alpha value is -0.890. The van der Waals surface area contributed by atoms with E-state index in [0.717, 1.165) is 25.1 Å². The zero-order valence-electron chi connectivity index (χ0n) is 11.2. The Morgan fingerprint density at radius 1 is 1.29 bits per heavy atom. The zero-order chi connectivity index (χ0) is 12.7. The average molecular weight is 237 g/mol. The fourth-order valence-electron chi connectivity index (χ4n) is 2.23. The highest BCUT2D eigenvalue weighted by Gasteiger charge is 2.10. The minimum absolute atomic E-state index is 0.134. The van der Waals surface area contributed by atoms with Gasteiger partial charge in [0.25, 0.3) is 0 Å². The van der Waals surface area contributed by atoms with Gasteiger partial charge in [0, 0.05) is 0 Å². The van der Waals surface area contributed by atoms with Crippen LogP contribution in [0.2, 0.25) is 0 Å². The van der Waals surface area contributed by atoms with Crippen molar-refractivity contribution >= 4 is 0 Å². The standard InChI is InChI=1S/C15H24FN/c1-4-6-13(11-17-5-2)10-14-7-8-15(16)9-12(14)3/h7-9,13,17H,4-6,10-11H2,1-3H3. The fourth-order valence-corrected chi connectivity index (χ4v) is 2.23. The lowest BCUT2D eigenvalue weighted by Gasteiger charge is -2.17. The van der Waals surface area contributed by atoms with Gasteiger partial charge in [-0.25, -0.2) is 4.39 Å². The number of halogens is 1. The van der Waals surface area contributed by atoms with E-state index < -0.39 is 0 Å². The minimum Gasteiger partial charge on any atom is -0.317 e. The molecule has 0 fully saturated rings. The largest absolute Gasteiger partial charge is 0.317 e. The monoisotopic (exact) mass is 237 g/mol. The fraction of sp³-hybridized carbons (Fsp3) is 0.600. The molecule has 1 rings (SSSR count). The van der Waals surface area contributed by atoms with Crippen LogP contribution in [0.25, 0.3) is 0 Å². The summed E-state index contributed by atoms with van der Waals surface area (Å²) >= 11 is 0. The van der Waals surface area contributed by atoms with Crippen LogP contribution < -0.4 is 5.32 Å². The van der Waals surface area contributed by atoms with Crippen molar-refractivity contribution in [2.75, 3.05) is 13.1 Å². The first-order valence-corrected chi connectivity index (χ1v) is 6.63. The van der Waals surface area contributed by atoms with Crippen molar-refractivity contribution in [1.29, 1.82) is 0 Å². The summed E-state index contributed by atoms with van der Waals surface area (Å²) in [5.41, 5.74) is 2.35. The van der Waals surface area contributed by atoms with Crippen molar-refractivity contribution in [3.63, 3.8) is 0 Å². The number of hydrogen-bond donors (Lipinski definition) is 1. The maximum atomic E-state index is 13.0. The van der Waals surface area contributed by atoms with E-state index >= 15 is 0 Å². The SMILES string of the molecule is CCCC(CNCC)Cc1ccc(F)cc1C. The van der Waals surface area contributed by atoms with Gasteiger partial charge in [0.15, 0.2) is 0 Å². The lowest BCUT2D eigenvalue weighted by atomic mass is 9.92. The van der Waals surface area contributed by atoms with Crippen molar-refractivity contribution in [1.82, 2.24) is 5.32 Å². The quantitative estimate of drug-likeness (QED) is 0.762. The molecule has 0 radical (unpaired) electrons. The van der Waals surface area contributed by atoms with E-state index in [4.69, 9.17) is 0 Å². The second-order valence-corrected chi connectivity index (χ2v) is 4.74. The molecule has 96 valence electrons. The van der Waals surface area contributed by atoms with Crippen molar-refractivity contribution in [3.8, 4) is 0 Å². The molecule has 0 saturated heterocycles. The van der Waals surface area contributed by atoms with E-state index in [0.29, 0.717) is 5.92 Å². The first-order chi connectivity index (χ1) is 8.17. The summed E-state index contributed by atoms with van der Waals surface area (Å²) in [5, 5.41) is 3.41. The van der Waals surface area contributed by atoms with Crippen LogP contribution in [0.15, 0.2) is 18.2 Å². The summed E-state index contributed by atoms with van der Waals surface area (Å²) in [5.74, 6) is 0.522. The molecule has 0 aliphatic rings. The van der Waals surface area contributed by atoms with Crippen LogP contribution in [0.4, 0.5) is 4.39 Å². The number of hydrogen-bond acceptors (Lipinski definition) is 1. The highest BCUT2D eigenvalue weighted by molar-refractivity contribution is 5.26. The normalized spacial score (nSPS) is 12.7. The maximum absolute atomic E-state index is 13.0. The lowest BCUT2D eigenvalue weighted by Crippen LogP contribution is -2.24. The molecule has 0 aromatic heterocycles. The molecule has 1 aromatic carbocycles. The van der Waals surface area contributed by atoms with Gasteiger partial charge in [0.2, 0.25) is 0 Å². The minimum atomic E-state index is -0.134. The summed E-state index contributed by atoms with van der Waals surface area (Å²) < 4.78 is 13.0. The summed E-state index contributed by atoms with van der Waals surface area (Å²) in [6.07, 6.45) is 3.48. The Balaban J connectivity index is 2.64. The Kier molecular flexibility index (Phi) is 6.20. The van der Waals surface area contributed by atoms with Gasteiger partial charge in [-0.1, -0.05) is 26.3 Å². The zero-order valence-corrected chi connectivity index (χ0v) is 11.2. The van der Waals surface area contributed by atoms with Crippen molar-refractivity contribution < 1.29 is 4.39 Å². The summed E-state index contributed by atoms with van der Waals surface area (Å²) in [6.45, 7) is 8.42. The Labute approximate surface area is 104 Å². The molecular formula is C15H24FN. The van der Waals surface area contributed by atoms with Crippen LogP contribution in [0.3, 0.4) is 0 Å². The second kappa shape index (κ2) is 7.44. The van der Waals surface area contributed by atoms with Crippen LogP contribution in [-0.4, -0.2) is 13.1 Å². The summed E-state index contributed by atoms with van der Waals surface area (Å²) in [7, 11) is 0. The predicted octanol–water partition coefficient (Wildman–Crippen LogP) is 3.70. The van der Waals surface area contributed by atoms with Gasteiger partial charge < -0.3 is 5.32 Å². The molecule has 0 aliphatic carbocycles. The van der Waals surface area contributed by atoms with E-state index in [2.05, 4.69) is 19.2 Å². The lowest BCUT2D eigenvalue weighted by molar-refractivity contribution is 0.443. The number of benzene rings is 1. The smallest absolute Gasteiger partial charge is 0.123 e. The van der Waals surface area contributed by atoms with Gasteiger partial charge in [-0.15, -0.1) is 0 Å². The van der Waals surface area contributed by atoms with E-state index in [1.54, 1.807) is 12.1 Å². The maximum Gasteiger partial charge on any atom is 0.123 e. The van der Waals surface area contributed by atoms with Gasteiger partial charge in [-0.2, -0.15) is 0 Å². The van der Waals surface area contributed by atoms with Crippen molar-refractivity contribution in [3.05, 3.63) is 35.1 Å². The van der Waals surface area contributed by atoms with Crippen LogP contribution in [0.5, 0.6) is 0 Å². The van der Waals surface area contributed by atoms with Crippen molar-refractivity contribution in [2.45, 2.75) is 40.0 Å². The van der Waals surface area contributed by atoms with E-state index in [9.17, 15) is 4.39 Å². The number of aryl methyl sites for hydroxylation is 1. The highest BCUT2D eigenvalue weighted by Crippen LogP contribution is 2.17. The summed E-state index contributed by atoms with van der Waals surface area (Å²) in [4.78, 5) is 0. The van der Waals surface area contributed by atoms with E-state index in [1.807, 2.05) is 13.0 Å². The van der Waals surface area contributed by atoms with Gasteiger partial charge in [0.05, 0.1) is 0 Å². The molecule has 0 heterocycles. The van der Waals surface area contributed by atoms with Crippen molar-refractivity contribution in [2.24, 2.45) is 5.92 Å². The predicted molar refractivity (Wildman–Crippen MR) is 71.8 cm³/mol. The third-order valence-electron chi connectivity index (χ3n) is 3.19. The number of rotatable bonds is 7. The Bertz CT molecular complexity index is 336. The molecule has 1 aromatic rings. The molecule has 0 aliphatic heterocycles. The van der Waals surface area contributed by atoms with E-state index in [-0.39, 0.29) is 5.82 Å². The van der Waals surface area contributed by atoms with Crippen LogP contribution in [-0.2, 0) is 6.42 Å². The van der Waals surface area contributed by atoms with Gasteiger partial charge in [-0.05, 0) is 62.0 Å². The third-order valence-corrected chi connectivity index (χ3v) is 3.19. The van der Waals surface area contributed by atoms with Gasteiger partial charge in [0.1, 0.15) is 5.82 Å². The molecule has 0 amide bonds. The van der Waals surface area contributed by atoms with Gasteiger partial charge in [-0.3, -0.25) is 0 Å². The first kappa shape index (κ1) is 14.2. The number of nitrogens with one attached hydrogen (secondary N) is 1. The third kappa shape index (κ3) is 4.86. The molecule has 1 atom stereocenters. The first-order valence-electron chi connectivity index (χ1n) is 6.63.